The van der Waals surface area contributed by atoms with E-state index >= 15 is 0 Å². The Labute approximate surface area is 112 Å². The summed E-state index contributed by atoms with van der Waals surface area (Å²) in [6.45, 7) is 2.19. The molecule has 0 bridgehead atoms. The average molecular weight is 257 g/mol. The normalized spacial score (nSPS) is 18.6. The third-order valence-corrected chi connectivity index (χ3v) is 4.04. The fraction of sp³-hybridized carbons (Fsp3) is 0.375. The number of aromatic nitrogens is 1. The van der Waals surface area contributed by atoms with Crippen LogP contribution in [-0.2, 0) is 6.42 Å². The van der Waals surface area contributed by atoms with Gasteiger partial charge in [-0.3, -0.25) is 0 Å². The first-order chi connectivity index (χ1) is 9.18. The lowest BCUT2D eigenvalue weighted by atomic mass is 9.86. The van der Waals surface area contributed by atoms with Crippen LogP contribution in [0.2, 0.25) is 0 Å². The van der Waals surface area contributed by atoms with Gasteiger partial charge >= 0.3 is 0 Å². The molecular formula is C16H19NO2. The summed E-state index contributed by atoms with van der Waals surface area (Å²) in [7, 11) is 0. The number of benzene rings is 1. The second-order valence-corrected chi connectivity index (χ2v) is 5.34. The molecule has 3 N–H and O–H groups in total. The molecule has 1 aliphatic rings. The third-order valence-electron chi connectivity index (χ3n) is 4.04. The van der Waals surface area contributed by atoms with E-state index in [9.17, 15) is 10.2 Å². The Morgan fingerprint density at radius 2 is 1.95 bits per heavy atom. The summed E-state index contributed by atoms with van der Waals surface area (Å²) in [4.78, 5) is 3.25. The Balaban J connectivity index is 2.22. The molecule has 0 saturated heterocycles. The van der Waals surface area contributed by atoms with E-state index < -0.39 is 6.29 Å². The molecule has 100 valence electrons. The molecule has 1 aromatic heterocycles. The fourth-order valence-corrected chi connectivity index (χ4v) is 3.12. The number of nitrogens with one attached hydrogen (secondary N) is 1. The van der Waals surface area contributed by atoms with E-state index in [-0.39, 0.29) is 0 Å². The summed E-state index contributed by atoms with van der Waals surface area (Å²) in [6, 6.07) is 9.98. The molecule has 0 amide bonds. The highest BCUT2D eigenvalue weighted by Crippen LogP contribution is 2.40. The first-order valence-corrected chi connectivity index (χ1v) is 6.84. The van der Waals surface area contributed by atoms with Gasteiger partial charge in [-0.15, -0.1) is 0 Å². The maximum absolute atomic E-state index is 9.63. The molecule has 1 aromatic carbocycles. The first kappa shape index (κ1) is 12.5. The minimum absolute atomic E-state index is 0.457. The van der Waals surface area contributed by atoms with Gasteiger partial charge in [0, 0.05) is 11.3 Å². The molecule has 1 atom stereocenters. The Morgan fingerprint density at radius 1 is 1.21 bits per heavy atom. The molecule has 2 aromatic rings. The van der Waals surface area contributed by atoms with E-state index in [1.165, 1.54) is 11.3 Å². The van der Waals surface area contributed by atoms with Gasteiger partial charge in [0.2, 0.25) is 0 Å². The topological polar surface area (TPSA) is 56.2 Å². The Bertz CT molecular complexity index is 572. The van der Waals surface area contributed by atoms with Gasteiger partial charge in [-0.25, -0.2) is 0 Å². The van der Waals surface area contributed by atoms with Crippen molar-refractivity contribution in [2.24, 2.45) is 0 Å². The summed E-state index contributed by atoms with van der Waals surface area (Å²) in [6.07, 6.45) is 1.87. The minimum Gasteiger partial charge on any atom is -0.363 e. The fourth-order valence-electron chi connectivity index (χ4n) is 3.12. The monoisotopic (exact) mass is 257 g/mol. The van der Waals surface area contributed by atoms with Crippen LogP contribution >= 0.6 is 0 Å². The lowest BCUT2D eigenvalue weighted by Gasteiger charge is -2.19. The van der Waals surface area contributed by atoms with Crippen molar-refractivity contribution in [2.45, 2.75) is 38.4 Å². The van der Waals surface area contributed by atoms with Crippen LogP contribution in [0.5, 0.6) is 0 Å². The Kier molecular flexibility index (Phi) is 3.17. The van der Waals surface area contributed by atoms with Gasteiger partial charge in [0.15, 0.2) is 6.29 Å². The van der Waals surface area contributed by atoms with Crippen molar-refractivity contribution in [1.29, 1.82) is 0 Å². The zero-order valence-electron chi connectivity index (χ0n) is 11.1. The predicted molar refractivity (Wildman–Crippen MR) is 74.8 cm³/mol. The van der Waals surface area contributed by atoms with Crippen LogP contribution in [0.3, 0.4) is 0 Å². The molecule has 3 nitrogen and oxygen atoms in total. The van der Waals surface area contributed by atoms with Gasteiger partial charge in [0.05, 0.1) is 5.69 Å². The molecule has 1 unspecified atom stereocenters. The SMILES string of the molecule is CC1CCCc2c1[nH]c(C(O)O)c2-c1ccccc1. The molecule has 19 heavy (non-hydrogen) atoms. The molecule has 0 aliphatic heterocycles. The van der Waals surface area contributed by atoms with Crippen molar-refractivity contribution >= 4 is 0 Å². The van der Waals surface area contributed by atoms with Crippen molar-refractivity contribution in [3.05, 3.63) is 47.3 Å². The molecule has 0 radical (unpaired) electrons. The lowest BCUT2D eigenvalue weighted by Crippen LogP contribution is -2.06. The van der Waals surface area contributed by atoms with Crippen LogP contribution in [0.1, 0.15) is 48.9 Å². The molecule has 3 heteroatoms. The zero-order chi connectivity index (χ0) is 13.4. The second-order valence-electron chi connectivity index (χ2n) is 5.34. The van der Waals surface area contributed by atoms with E-state index in [2.05, 4.69) is 11.9 Å². The van der Waals surface area contributed by atoms with Crippen LogP contribution in [-0.4, -0.2) is 15.2 Å². The van der Waals surface area contributed by atoms with Gasteiger partial charge in [0.1, 0.15) is 0 Å². The van der Waals surface area contributed by atoms with E-state index in [4.69, 9.17) is 0 Å². The summed E-state index contributed by atoms with van der Waals surface area (Å²) >= 11 is 0. The first-order valence-electron chi connectivity index (χ1n) is 6.84. The van der Waals surface area contributed by atoms with E-state index in [1.807, 2.05) is 30.3 Å². The molecule has 1 heterocycles. The predicted octanol–water partition coefficient (Wildman–Crippen LogP) is 3.10. The largest absolute Gasteiger partial charge is 0.363 e. The van der Waals surface area contributed by atoms with E-state index in [0.717, 1.165) is 30.4 Å². The van der Waals surface area contributed by atoms with Gasteiger partial charge in [0.25, 0.3) is 0 Å². The molecule has 0 saturated carbocycles. The van der Waals surface area contributed by atoms with E-state index in [1.54, 1.807) is 0 Å². The number of hydrogen-bond acceptors (Lipinski definition) is 2. The minimum atomic E-state index is -1.45. The standard InChI is InChI=1S/C16H19NO2/c1-10-6-5-9-12-13(11-7-3-2-4-8-11)15(16(18)19)17-14(10)12/h2-4,7-8,10,16-19H,5-6,9H2,1H3. The number of rotatable bonds is 2. The molecule has 0 fully saturated rings. The zero-order valence-corrected chi connectivity index (χ0v) is 11.1. The quantitative estimate of drug-likeness (QED) is 0.724. The van der Waals surface area contributed by atoms with Crippen molar-refractivity contribution < 1.29 is 10.2 Å². The highest BCUT2D eigenvalue weighted by Gasteiger charge is 2.27. The van der Waals surface area contributed by atoms with Gasteiger partial charge < -0.3 is 15.2 Å². The summed E-state index contributed by atoms with van der Waals surface area (Å²) < 4.78 is 0. The van der Waals surface area contributed by atoms with Gasteiger partial charge in [-0.1, -0.05) is 37.3 Å². The van der Waals surface area contributed by atoms with E-state index in [0.29, 0.717) is 11.6 Å². The Morgan fingerprint density at radius 3 is 2.63 bits per heavy atom. The molecule has 0 spiro atoms. The summed E-state index contributed by atoms with van der Waals surface area (Å²) in [5, 5.41) is 19.3. The lowest BCUT2D eigenvalue weighted by molar-refractivity contribution is -0.0451. The summed E-state index contributed by atoms with van der Waals surface area (Å²) in [5.74, 6) is 0.457. The maximum Gasteiger partial charge on any atom is 0.194 e. The van der Waals surface area contributed by atoms with Crippen LogP contribution < -0.4 is 0 Å². The van der Waals surface area contributed by atoms with Crippen molar-refractivity contribution in [3.8, 4) is 11.1 Å². The smallest absolute Gasteiger partial charge is 0.194 e. The summed E-state index contributed by atoms with van der Waals surface area (Å²) in [5.41, 5.74) is 5.00. The van der Waals surface area contributed by atoms with Crippen LogP contribution in [0.15, 0.2) is 30.3 Å². The Hall–Kier alpha value is -1.58. The number of fused-ring (bicyclic) bond motifs is 1. The molecule has 1 aliphatic carbocycles. The van der Waals surface area contributed by atoms with Crippen molar-refractivity contribution in [2.75, 3.05) is 0 Å². The molecular weight excluding hydrogens is 238 g/mol. The highest BCUT2D eigenvalue weighted by molar-refractivity contribution is 5.72. The van der Waals surface area contributed by atoms with Crippen molar-refractivity contribution in [3.63, 3.8) is 0 Å². The van der Waals surface area contributed by atoms with Crippen LogP contribution in [0, 0.1) is 0 Å². The van der Waals surface area contributed by atoms with Crippen LogP contribution in [0.25, 0.3) is 11.1 Å². The van der Waals surface area contributed by atoms with Gasteiger partial charge in [-0.05, 0) is 36.3 Å². The number of H-pyrrole nitrogens is 1. The molecule has 3 rings (SSSR count). The van der Waals surface area contributed by atoms with Crippen LogP contribution in [0.4, 0.5) is 0 Å². The third kappa shape index (κ3) is 2.09. The second kappa shape index (κ2) is 4.83. The number of aliphatic hydroxyl groups excluding tert-OH is 1. The average Bonchev–Trinajstić information content (AvgIpc) is 2.81. The maximum atomic E-state index is 9.63. The van der Waals surface area contributed by atoms with Crippen molar-refractivity contribution in [1.82, 2.24) is 4.98 Å². The number of hydrogen-bond donors (Lipinski definition) is 3. The number of aromatic amines is 1. The number of aliphatic hydroxyl groups is 2. The van der Waals surface area contributed by atoms with Gasteiger partial charge in [-0.2, -0.15) is 0 Å². The highest BCUT2D eigenvalue weighted by atomic mass is 16.5.